The molecule has 12 heavy (non-hydrogen) atoms. The lowest BCUT2D eigenvalue weighted by molar-refractivity contribution is -0.122. The van der Waals surface area contributed by atoms with Crippen molar-refractivity contribution in [2.45, 2.75) is 39.5 Å². The van der Waals surface area contributed by atoms with Crippen LogP contribution in [0.15, 0.2) is 0 Å². The number of carbonyl (C=O) groups is 1. The molecule has 0 aromatic heterocycles. The van der Waals surface area contributed by atoms with Gasteiger partial charge in [0, 0.05) is 11.8 Å². The fourth-order valence-electron chi connectivity index (χ4n) is 3.54. The minimum Gasteiger partial charge on any atom is -0.299 e. The molecule has 68 valence electrons. The van der Waals surface area contributed by atoms with Crippen molar-refractivity contribution >= 4 is 5.78 Å². The fourth-order valence-corrected chi connectivity index (χ4v) is 3.54. The molecule has 4 unspecified atom stereocenters. The number of rotatable bonds is 2. The second-order valence-corrected chi connectivity index (χ2v) is 4.34. The van der Waals surface area contributed by atoms with Gasteiger partial charge in [0.05, 0.1) is 0 Å². The van der Waals surface area contributed by atoms with Crippen LogP contribution in [0.25, 0.3) is 0 Å². The van der Waals surface area contributed by atoms with Crippen molar-refractivity contribution in [3.63, 3.8) is 0 Å². The highest BCUT2D eigenvalue weighted by atomic mass is 16.1. The van der Waals surface area contributed by atoms with Crippen LogP contribution >= 0.6 is 0 Å². The van der Waals surface area contributed by atoms with Crippen LogP contribution in [0.2, 0.25) is 0 Å². The van der Waals surface area contributed by atoms with E-state index in [9.17, 15) is 4.79 Å². The third-order valence-electron chi connectivity index (χ3n) is 4.05. The van der Waals surface area contributed by atoms with E-state index in [0.29, 0.717) is 17.6 Å². The van der Waals surface area contributed by atoms with Crippen molar-refractivity contribution in [1.82, 2.24) is 0 Å². The Labute approximate surface area is 74.5 Å². The molecule has 2 aliphatic carbocycles. The topological polar surface area (TPSA) is 17.1 Å². The summed E-state index contributed by atoms with van der Waals surface area (Å²) in [5.41, 5.74) is 0. The van der Waals surface area contributed by atoms with Crippen molar-refractivity contribution in [2.24, 2.45) is 23.7 Å². The van der Waals surface area contributed by atoms with Gasteiger partial charge in [-0.15, -0.1) is 0 Å². The summed E-state index contributed by atoms with van der Waals surface area (Å²) in [6.07, 6.45) is 4.81. The van der Waals surface area contributed by atoms with Gasteiger partial charge in [0.25, 0.3) is 0 Å². The predicted molar refractivity (Wildman–Crippen MR) is 48.8 cm³/mol. The molecule has 0 aromatic rings. The molecule has 0 amide bonds. The summed E-state index contributed by atoms with van der Waals surface area (Å²) in [5, 5.41) is 0. The van der Waals surface area contributed by atoms with E-state index in [1.54, 1.807) is 0 Å². The first kappa shape index (κ1) is 8.28. The fraction of sp³-hybridized carbons (Fsp3) is 0.909. The first-order valence-corrected chi connectivity index (χ1v) is 5.33. The van der Waals surface area contributed by atoms with E-state index >= 15 is 0 Å². The second-order valence-electron chi connectivity index (χ2n) is 4.34. The van der Waals surface area contributed by atoms with Gasteiger partial charge in [-0.2, -0.15) is 0 Å². The summed E-state index contributed by atoms with van der Waals surface area (Å²) < 4.78 is 0. The van der Waals surface area contributed by atoms with Gasteiger partial charge in [-0.05, 0) is 24.7 Å². The maximum atomic E-state index is 11.7. The van der Waals surface area contributed by atoms with E-state index in [-0.39, 0.29) is 0 Å². The molecular formula is C11H18O. The van der Waals surface area contributed by atoms with Crippen LogP contribution < -0.4 is 0 Å². The molecule has 0 aromatic carbocycles. The van der Waals surface area contributed by atoms with E-state index < -0.39 is 0 Å². The normalized spacial score (nSPS) is 45.7. The molecule has 0 spiro atoms. The minimum atomic E-state index is 0.463. The molecule has 1 heteroatoms. The van der Waals surface area contributed by atoms with Gasteiger partial charge < -0.3 is 0 Å². The number of Topliss-reactive ketones (excluding diaryl/α,β-unsaturated/α-hetero) is 1. The van der Waals surface area contributed by atoms with Crippen LogP contribution in [0.5, 0.6) is 0 Å². The summed E-state index contributed by atoms with van der Waals surface area (Å²) in [6.45, 7) is 4.47. The lowest BCUT2D eigenvalue weighted by Gasteiger charge is -2.27. The summed E-state index contributed by atoms with van der Waals surface area (Å²) in [6, 6.07) is 0. The first-order chi connectivity index (χ1) is 5.79. The van der Waals surface area contributed by atoms with E-state index in [4.69, 9.17) is 0 Å². The van der Waals surface area contributed by atoms with Crippen LogP contribution in [0, 0.1) is 23.7 Å². The number of fused-ring (bicyclic) bond motifs is 2. The largest absolute Gasteiger partial charge is 0.299 e. The highest BCUT2D eigenvalue weighted by Crippen LogP contribution is 2.52. The molecule has 4 atom stereocenters. The molecule has 1 nitrogen and oxygen atoms in total. The van der Waals surface area contributed by atoms with Crippen molar-refractivity contribution in [3.05, 3.63) is 0 Å². The van der Waals surface area contributed by atoms with Crippen LogP contribution in [0.1, 0.15) is 39.5 Å². The van der Waals surface area contributed by atoms with E-state index in [1.807, 2.05) is 0 Å². The smallest absolute Gasteiger partial charge is 0.139 e. The molecule has 2 rings (SSSR count). The maximum Gasteiger partial charge on any atom is 0.139 e. The zero-order chi connectivity index (χ0) is 8.72. The van der Waals surface area contributed by atoms with Crippen molar-refractivity contribution in [1.29, 1.82) is 0 Å². The highest BCUT2D eigenvalue weighted by Gasteiger charge is 2.51. The Morgan fingerprint density at radius 3 is 1.83 bits per heavy atom. The molecule has 2 bridgehead atoms. The van der Waals surface area contributed by atoms with Gasteiger partial charge in [0.2, 0.25) is 0 Å². The molecular weight excluding hydrogens is 148 g/mol. The average Bonchev–Trinajstić information content (AvgIpc) is 2.58. The third-order valence-corrected chi connectivity index (χ3v) is 4.05. The van der Waals surface area contributed by atoms with Crippen molar-refractivity contribution < 1.29 is 4.79 Å². The van der Waals surface area contributed by atoms with Gasteiger partial charge in [-0.25, -0.2) is 0 Å². The predicted octanol–water partition coefficient (Wildman–Crippen LogP) is 2.65. The van der Waals surface area contributed by atoms with Crippen LogP contribution in [0.3, 0.4) is 0 Å². The SMILES string of the molecule is CCC1C2CCC(C2=O)C1CC. The molecule has 2 fully saturated rings. The quantitative estimate of drug-likeness (QED) is 0.616. The lowest BCUT2D eigenvalue weighted by atomic mass is 9.77. The molecule has 0 radical (unpaired) electrons. The van der Waals surface area contributed by atoms with E-state index in [0.717, 1.165) is 11.8 Å². The van der Waals surface area contributed by atoms with Crippen molar-refractivity contribution in [2.75, 3.05) is 0 Å². The number of ketones is 1. The molecule has 0 aliphatic heterocycles. The maximum absolute atomic E-state index is 11.7. The Morgan fingerprint density at radius 1 is 1.08 bits per heavy atom. The average molecular weight is 166 g/mol. The summed E-state index contributed by atoms with van der Waals surface area (Å²) >= 11 is 0. The van der Waals surface area contributed by atoms with Crippen LogP contribution in [0.4, 0.5) is 0 Å². The zero-order valence-electron chi connectivity index (χ0n) is 8.05. The number of carbonyl (C=O) groups excluding carboxylic acids is 1. The zero-order valence-corrected chi connectivity index (χ0v) is 8.05. The second kappa shape index (κ2) is 2.86. The number of hydrogen-bond donors (Lipinski definition) is 0. The van der Waals surface area contributed by atoms with Crippen LogP contribution in [-0.2, 0) is 4.79 Å². The summed E-state index contributed by atoms with van der Waals surface area (Å²) in [5.74, 6) is 3.01. The Balaban J connectivity index is 2.21. The lowest BCUT2D eigenvalue weighted by Crippen LogP contribution is -2.20. The Bertz CT molecular complexity index is 177. The van der Waals surface area contributed by atoms with Gasteiger partial charge >= 0.3 is 0 Å². The highest BCUT2D eigenvalue weighted by molar-refractivity contribution is 5.88. The molecule has 2 saturated carbocycles. The monoisotopic (exact) mass is 166 g/mol. The summed E-state index contributed by atoms with van der Waals surface area (Å²) in [7, 11) is 0. The van der Waals surface area contributed by atoms with E-state index in [1.165, 1.54) is 25.7 Å². The summed E-state index contributed by atoms with van der Waals surface area (Å²) in [4.78, 5) is 11.7. The van der Waals surface area contributed by atoms with Crippen molar-refractivity contribution in [3.8, 4) is 0 Å². The van der Waals surface area contributed by atoms with Gasteiger partial charge in [0.15, 0.2) is 0 Å². The molecule has 2 aliphatic rings. The third kappa shape index (κ3) is 0.884. The van der Waals surface area contributed by atoms with Gasteiger partial charge in [-0.1, -0.05) is 26.7 Å². The van der Waals surface area contributed by atoms with Gasteiger partial charge in [-0.3, -0.25) is 4.79 Å². The number of hydrogen-bond acceptors (Lipinski definition) is 1. The Kier molecular flexibility index (Phi) is 1.97. The first-order valence-electron chi connectivity index (χ1n) is 5.33. The van der Waals surface area contributed by atoms with Crippen LogP contribution in [-0.4, -0.2) is 5.78 Å². The van der Waals surface area contributed by atoms with E-state index in [2.05, 4.69) is 13.8 Å². The molecule has 0 N–H and O–H groups in total. The van der Waals surface area contributed by atoms with Gasteiger partial charge in [0.1, 0.15) is 5.78 Å². The minimum absolute atomic E-state index is 0.463. The standard InChI is InChI=1S/C11H18O/c1-3-7-8(4-2)10-6-5-9(7)11(10)12/h7-10H,3-6H2,1-2H3. The molecule has 0 heterocycles. The Hall–Kier alpha value is -0.330. The Morgan fingerprint density at radius 2 is 1.50 bits per heavy atom. The molecule has 0 saturated heterocycles.